The van der Waals surface area contributed by atoms with Gasteiger partial charge in [0.1, 0.15) is 13.2 Å². The fourth-order valence-electron chi connectivity index (χ4n) is 4.21. The van der Waals surface area contributed by atoms with Crippen LogP contribution in [-0.2, 0) is 28.4 Å². The lowest BCUT2D eigenvalue weighted by molar-refractivity contribution is -0.169. The van der Waals surface area contributed by atoms with Crippen molar-refractivity contribution in [2.75, 3.05) is 66.1 Å². The summed E-state index contributed by atoms with van der Waals surface area (Å²) < 4.78 is 45.9. The molecule has 2 aromatic rings. The third-order valence-corrected chi connectivity index (χ3v) is 6.12. The second-order valence-electron chi connectivity index (χ2n) is 8.90. The molecule has 0 N–H and O–H groups in total. The Morgan fingerprint density at radius 1 is 0.583 bits per heavy atom. The monoisotopic (exact) mass is 504 g/mol. The smallest absolute Gasteiger partial charge is 0.161 e. The largest absolute Gasteiger partial charge is 0.487 e. The van der Waals surface area contributed by atoms with E-state index in [1.54, 1.807) is 0 Å². The molecule has 0 spiro atoms. The third kappa shape index (κ3) is 9.50. The molecule has 0 aromatic heterocycles. The second kappa shape index (κ2) is 16.0. The summed E-state index contributed by atoms with van der Waals surface area (Å²) in [5.41, 5.74) is 0. The van der Waals surface area contributed by atoms with Crippen LogP contribution in [0.25, 0.3) is 10.8 Å². The van der Waals surface area contributed by atoms with Gasteiger partial charge in [-0.1, -0.05) is 24.3 Å². The average molecular weight is 505 g/mol. The molecule has 2 saturated heterocycles. The average Bonchev–Trinajstić information content (AvgIpc) is 2.93. The van der Waals surface area contributed by atoms with Crippen molar-refractivity contribution in [2.24, 2.45) is 0 Å². The first-order chi connectivity index (χ1) is 17.9. The van der Waals surface area contributed by atoms with E-state index in [0.29, 0.717) is 64.4 Å². The van der Waals surface area contributed by atoms with Crippen LogP contribution in [0.4, 0.5) is 0 Å². The van der Waals surface area contributed by atoms with E-state index < -0.39 is 0 Å². The molecule has 2 aromatic carbocycles. The highest BCUT2D eigenvalue weighted by Crippen LogP contribution is 2.32. The minimum absolute atomic E-state index is 0.0849. The van der Waals surface area contributed by atoms with Crippen LogP contribution in [0.3, 0.4) is 0 Å². The Morgan fingerprint density at radius 2 is 1.06 bits per heavy atom. The Bertz CT molecular complexity index is 793. The van der Waals surface area contributed by atoms with Crippen molar-refractivity contribution >= 4 is 10.8 Å². The minimum Gasteiger partial charge on any atom is -0.487 e. The molecular formula is C28H40O8. The lowest BCUT2D eigenvalue weighted by Crippen LogP contribution is -2.24. The Morgan fingerprint density at radius 3 is 1.50 bits per heavy atom. The predicted octanol–water partition coefficient (Wildman–Crippen LogP) is 4.72. The quantitative estimate of drug-likeness (QED) is 0.304. The van der Waals surface area contributed by atoms with Gasteiger partial charge in [-0.05, 0) is 61.4 Å². The van der Waals surface area contributed by atoms with E-state index in [2.05, 4.69) is 12.1 Å². The van der Waals surface area contributed by atoms with Crippen molar-refractivity contribution in [1.29, 1.82) is 0 Å². The van der Waals surface area contributed by atoms with Gasteiger partial charge in [0.2, 0.25) is 0 Å². The number of fused-ring (bicyclic) bond motifs is 1. The van der Waals surface area contributed by atoms with Crippen LogP contribution in [0.2, 0.25) is 0 Å². The number of ether oxygens (including phenoxy) is 8. The molecule has 4 rings (SSSR count). The van der Waals surface area contributed by atoms with Gasteiger partial charge >= 0.3 is 0 Å². The summed E-state index contributed by atoms with van der Waals surface area (Å²) in [7, 11) is 0. The van der Waals surface area contributed by atoms with Gasteiger partial charge in [0.25, 0.3) is 0 Å². The molecule has 200 valence electrons. The maximum Gasteiger partial charge on any atom is 0.161 e. The van der Waals surface area contributed by atoms with Crippen molar-refractivity contribution in [3.63, 3.8) is 0 Å². The van der Waals surface area contributed by atoms with Crippen LogP contribution >= 0.6 is 0 Å². The van der Waals surface area contributed by atoms with Gasteiger partial charge in [-0.2, -0.15) is 0 Å². The normalized spacial score (nSPS) is 20.4. The first-order valence-electron chi connectivity index (χ1n) is 13.3. The summed E-state index contributed by atoms with van der Waals surface area (Å²) in [5.74, 6) is 1.39. The zero-order valence-electron chi connectivity index (χ0n) is 21.2. The molecule has 2 fully saturated rings. The number of rotatable bonds is 16. The topological polar surface area (TPSA) is 73.8 Å². The van der Waals surface area contributed by atoms with Crippen LogP contribution in [0.1, 0.15) is 38.5 Å². The van der Waals surface area contributed by atoms with Crippen LogP contribution in [0.5, 0.6) is 11.5 Å². The highest BCUT2D eigenvalue weighted by atomic mass is 16.7. The van der Waals surface area contributed by atoms with E-state index in [0.717, 1.165) is 62.5 Å². The van der Waals surface area contributed by atoms with Gasteiger partial charge in [-0.3, -0.25) is 0 Å². The summed E-state index contributed by atoms with van der Waals surface area (Å²) in [6.07, 6.45) is 6.30. The lowest BCUT2D eigenvalue weighted by atomic mass is 10.1. The standard InChI is InChI=1S/C28H40O8/c1-2-8-24-22-26(32-18-14-30-16-20-36-28-10-4-6-12-34-28)25(21-23(24)7-1)31-17-13-29-15-19-35-27-9-3-5-11-33-27/h1-2,7-8,21-22,27-28H,3-6,9-20H2. The van der Waals surface area contributed by atoms with Crippen LogP contribution in [0.15, 0.2) is 36.4 Å². The molecule has 2 heterocycles. The maximum atomic E-state index is 6.01. The van der Waals surface area contributed by atoms with E-state index in [1.807, 2.05) is 24.3 Å². The summed E-state index contributed by atoms with van der Waals surface area (Å²) in [5, 5.41) is 2.19. The fraction of sp³-hybridized carbons (Fsp3) is 0.643. The predicted molar refractivity (Wildman–Crippen MR) is 136 cm³/mol. The molecule has 2 atom stereocenters. The SMILES string of the molecule is c1ccc2cc(OCCOCCOC3CCCCO3)c(OCCOCCOC3CCCCO3)cc2c1. The molecule has 0 radical (unpaired) electrons. The van der Waals surface area contributed by atoms with E-state index in [9.17, 15) is 0 Å². The molecule has 36 heavy (non-hydrogen) atoms. The van der Waals surface area contributed by atoms with E-state index in [4.69, 9.17) is 37.9 Å². The third-order valence-electron chi connectivity index (χ3n) is 6.12. The Labute approximate surface area is 214 Å². The number of benzene rings is 2. The van der Waals surface area contributed by atoms with Crippen molar-refractivity contribution in [3.8, 4) is 11.5 Å². The number of hydrogen-bond acceptors (Lipinski definition) is 8. The highest BCUT2D eigenvalue weighted by molar-refractivity contribution is 5.86. The molecule has 2 unspecified atom stereocenters. The summed E-state index contributed by atoms with van der Waals surface area (Å²) in [6, 6.07) is 12.2. The first kappa shape index (κ1) is 27.1. The molecule has 8 heteroatoms. The summed E-state index contributed by atoms with van der Waals surface area (Å²) in [6.45, 7) is 5.41. The highest BCUT2D eigenvalue weighted by Gasteiger charge is 2.14. The zero-order chi connectivity index (χ0) is 24.7. The minimum atomic E-state index is -0.0849. The summed E-state index contributed by atoms with van der Waals surface area (Å²) in [4.78, 5) is 0. The van der Waals surface area contributed by atoms with Crippen LogP contribution in [-0.4, -0.2) is 78.6 Å². The molecule has 0 bridgehead atoms. The van der Waals surface area contributed by atoms with Gasteiger partial charge in [0.15, 0.2) is 24.1 Å². The van der Waals surface area contributed by atoms with E-state index >= 15 is 0 Å². The van der Waals surface area contributed by atoms with Gasteiger partial charge in [-0.15, -0.1) is 0 Å². The van der Waals surface area contributed by atoms with Crippen molar-refractivity contribution < 1.29 is 37.9 Å². The van der Waals surface area contributed by atoms with Gasteiger partial charge in [-0.25, -0.2) is 0 Å². The van der Waals surface area contributed by atoms with Crippen molar-refractivity contribution in [1.82, 2.24) is 0 Å². The Balaban J connectivity index is 1.14. The molecule has 2 aliphatic rings. The molecule has 0 saturated carbocycles. The first-order valence-corrected chi connectivity index (χ1v) is 13.3. The van der Waals surface area contributed by atoms with Crippen molar-refractivity contribution in [2.45, 2.75) is 51.1 Å². The Kier molecular flexibility index (Phi) is 12.1. The van der Waals surface area contributed by atoms with Crippen LogP contribution in [0, 0.1) is 0 Å². The molecule has 8 nitrogen and oxygen atoms in total. The van der Waals surface area contributed by atoms with E-state index in [-0.39, 0.29) is 12.6 Å². The maximum absolute atomic E-state index is 6.01. The Hall–Kier alpha value is -1.94. The van der Waals surface area contributed by atoms with Crippen LogP contribution < -0.4 is 9.47 Å². The molecular weight excluding hydrogens is 464 g/mol. The fourth-order valence-corrected chi connectivity index (χ4v) is 4.21. The summed E-state index contributed by atoms with van der Waals surface area (Å²) >= 11 is 0. The lowest BCUT2D eigenvalue weighted by Gasteiger charge is -2.22. The zero-order valence-corrected chi connectivity index (χ0v) is 21.2. The van der Waals surface area contributed by atoms with E-state index in [1.165, 1.54) is 0 Å². The van der Waals surface area contributed by atoms with Gasteiger partial charge in [0, 0.05) is 13.2 Å². The number of hydrogen-bond donors (Lipinski definition) is 0. The second-order valence-corrected chi connectivity index (χ2v) is 8.90. The van der Waals surface area contributed by atoms with Gasteiger partial charge in [0.05, 0.1) is 39.6 Å². The molecule has 2 aliphatic heterocycles. The molecule has 0 aliphatic carbocycles. The van der Waals surface area contributed by atoms with Gasteiger partial charge < -0.3 is 37.9 Å². The van der Waals surface area contributed by atoms with Crippen molar-refractivity contribution in [3.05, 3.63) is 36.4 Å². The molecule has 0 amide bonds.